The average Bonchev–Trinajstić information content (AvgIpc) is 2.62. The van der Waals surface area contributed by atoms with Gasteiger partial charge in [0.25, 0.3) is 0 Å². The molecule has 0 saturated carbocycles. The van der Waals surface area contributed by atoms with Gasteiger partial charge >= 0.3 is 0 Å². The zero-order chi connectivity index (χ0) is 10.1. The molecule has 14 heavy (non-hydrogen) atoms. The van der Waals surface area contributed by atoms with Crippen LogP contribution in [0.25, 0.3) is 10.9 Å². The molecule has 2 unspecified atom stereocenters. The molecule has 2 atom stereocenters. The minimum Gasteiger partial charge on any atom is -0.361 e. The van der Waals surface area contributed by atoms with Gasteiger partial charge in [0.2, 0.25) is 0 Å². The van der Waals surface area contributed by atoms with Crippen LogP contribution in [0, 0.1) is 0 Å². The van der Waals surface area contributed by atoms with Gasteiger partial charge < -0.3 is 10.7 Å². The molecule has 0 aliphatic rings. The maximum Gasteiger partial charge on any atom is 0.0454 e. The van der Waals surface area contributed by atoms with E-state index in [0.717, 1.165) is 0 Å². The van der Waals surface area contributed by atoms with Crippen molar-refractivity contribution in [3.63, 3.8) is 0 Å². The Hall–Kier alpha value is -1.28. The molecule has 0 saturated heterocycles. The summed E-state index contributed by atoms with van der Waals surface area (Å²) >= 11 is 0. The summed E-state index contributed by atoms with van der Waals surface area (Å²) in [5, 5.41) is 1.26. The van der Waals surface area contributed by atoms with E-state index < -0.39 is 0 Å². The van der Waals surface area contributed by atoms with Crippen molar-refractivity contribution < 1.29 is 0 Å². The third-order valence-electron chi connectivity index (χ3n) is 2.89. The Balaban J connectivity index is 2.43. The molecule has 0 amide bonds. The quantitative estimate of drug-likeness (QED) is 0.747. The van der Waals surface area contributed by atoms with Crippen LogP contribution in [0.4, 0.5) is 0 Å². The first-order valence-electron chi connectivity index (χ1n) is 5.01. The van der Waals surface area contributed by atoms with Crippen molar-refractivity contribution in [1.82, 2.24) is 4.98 Å². The second-order valence-corrected chi connectivity index (χ2v) is 3.97. The number of nitrogens with two attached hydrogens (primary N) is 1. The Morgan fingerprint density at radius 1 is 1.21 bits per heavy atom. The molecule has 2 heteroatoms. The standard InChI is InChI=1S/C12H16N2/c1-8(9(2)13)10-3-4-12-11(7-10)5-6-14-12/h3-9,14H,13H2,1-2H3. The first kappa shape index (κ1) is 9.28. The number of fused-ring (bicyclic) bond motifs is 1. The van der Waals surface area contributed by atoms with Crippen molar-refractivity contribution in [3.8, 4) is 0 Å². The molecule has 0 fully saturated rings. The lowest BCUT2D eigenvalue weighted by molar-refractivity contribution is 0.614. The SMILES string of the molecule is CC(N)C(C)c1ccc2[nH]ccc2c1. The number of H-pyrrole nitrogens is 1. The number of aromatic amines is 1. The third kappa shape index (κ3) is 1.53. The summed E-state index contributed by atoms with van der Waals surface area (Å²) in [5.41, 5.74) is 8.38. The normalized spacial score (nSPS) is 15.6. The zero-order valence-corrected chi connectivity index (χ0v) is 8.62. The molecule has 0 bridgehead atoms. The van der Waals surface area contributed by atoms with Crippen LogP contribution in [-0.2, 0) is 0 Å². The highest BCUT2D eigenvalue weighted by Crippen LogP contribution is 2.22. The Bertz CT molecular complexity index is 429. The van der Waals surface area contributed by atoms with Gasteiger partial charge in [-0.25, -0.2) is 0 Å². The Morgan fingerprint density at radius 2 is 2.00 bits per heavy atom. The van der Waals surface area contributed by atoms with Crippen LogP contribution in [0.5, 0.6) is 0 Å². The lowest BCUT2D eigenvalue weighted by atomic mass is 9.94. The van der Waals surface area contributed by atoms with Crippen LogP contribution in [0.1, 0.15) is 25.3 Å². The highest BCUT2D eigenvalue weighted by atomic mass is 14.7. The van der Waals surface area contributed by atoms with Crippen LogP contribution in [0.2, 0.25) is 0 Å². The van der Waals surface area contributed by atoms with Crippen molar-refractivity contribution in [1.29, 1.82) is 0 Å². The van der Waals surface area contributed by atoms with E-state index in [4.69, 9.17) is 5.73 Å². The smallest absolute Gasteiger partial charge is 0.0454 e. The van der Waals surface area contributed by atoms with E-state index in [-0.39, 0.29) is 6.04 Å². The number of benzene rings is 1. The molecule has 0 radical (unpaired) electrons. The summed E-state index contributed by atoms with van der Waals surface area (Å²) in [4.78, 5) is 3.18. The molecule has 0 aliphatic heterocycles. The van der Waals surface area contributed by atoms with E-state index in [9.17, 15) is 0 Å². The summed E-state index contributed by atoms with van der Waals surface area (Å²) in [7, 11) is 0. The number of rotatable bonds is 2. The van der Waals surface area contributed by atoms with Crippen molar-refractivity contribution in [2.75, 3.05) is 0 Å². The van der Waals surface area contributed by atoms with Gasteiger partial charge in [0.05, 0.1) is 0 Å². The molecule has 1 heterocycles. The molecule has 1 aromatic carbocycles. The van der Waals surface area contributed by atoms with E-state index in [0.29, 0.717) is 5.92 Å². The molecule has 2 aromatic rings. The van der Waals surface area contributed by atoms with Gasteiger partial charge in [-0.1, -0.05) is 13.0 Å². The average molecular weight is 188 g/mol. The van der Waals surface area contributed by atoms with E-state index in [1.807, 2.05) is 13.1 Å². The van der Waals surface area contributed by atoms with Gasteiger partial charge in [0, 0.05) is 17.8 Å². The minimum atomic E-state index is 0.200. The number of aromatic nitrogens is 1. The van der Waals surface area contributed by atoms with Crippen molar-refractivity contribution in [3.05, 3.63) is 36.0 Å². The molecular weight excluding hydrogens is 172 g/mol. The monoisotopic (exact) mass is 188 g/mol. The van der Waals surface area contributed by atoms with Crippen molar-refractivity contribution in [2.45, 2.75) is 25.8 Å². The molecule has 2 nitrogen and oxygen atoms in total. The molecule has 2 rings (SSSR count). The number of nitrogens with one attached hydrogen (secondary N) is 1. The van der Waals surface area contributed by atoms with E-state index in [1.165, 1.54) is 16.5 Å². The van der Waals surface area contributed by atoms with Gasteiger partial charge in [-0.15, -0.1) is 0 Å². The first-order chi connectivity index (χ1) is 6.68. The summed E-state index contributed by atoms with van der Waals surface area (Å²) in [6.07, 6.45) is 1.96. The zero-order valence-electron chi connectivity index (χ0n) is 8.62. The number of hydrogen-bond donors (Lipinski definition) is 2. The minimum absolute atomic E-state index is 0.200. The second kappa shape index (κ2) is 3.46. The Labute approximate surface area is 84.1 Å². The second-order valence-electron chi connectivity index (χ2n) is 3.97. The van der Waals surface area contributed by atoms with Gasteiger partial charge in [0.1, 0.15) is 0 Å². The first-order valence-corrected chi connectivity index (χ1v) is 5.01. The highest BCUT2D eigenvalue weighted by molar-refractivity contribution is 5.80. The third-order valence-corrected chi connectivity index (χ3v) is 2.89. The van der Waals surface area contributed by atoms with E-state index >= 15 is 0 Å². The van der Waals surface area contributed by atoms with Gasteiger partial charge in [-0.3, -0.25) is 0 Å². The van der Waals surface area contributed by atoms with E-state index in [2.05, 4.69) is 36.2 Å². The lowest BCUT2D eigenvalue weighted by Crippen LogP contribution is -2.22. The predicted molar refractivity (Wildman–Crippen MR) is 60.4 cm³/mol. The molecule has 0 spiro atoms. The van der Waals surface area contributed by atoms with Gasteiger partial charge in [-0.05, 0) is 42.0 Å². The van der Waals surface area contributed by atoms with Crippen molar-refractivity contribution in [2.24, 2.45) is 5.73 Å². The summed E-state index contributed by atoms with van der Waals surface area (Å²) in [6.45, 7) is 4.21. The molecule has 0 aliphatic carbocycles. The fraction of sp³-hybridized carbons (Fsp3) is 0.333. The summed E-state index contributed by atoms with van der Waals surface area (Å²) in [6, 6.07) is 8.76. The molecular formula is C12H16N2. The highest BCUT2D eigenvalue weighted by Gasteiger charge is 2.10. The maximum absolute atomic E-state index is 5.88. The summed E-state index contributed by atoms with van der Waals surface area (Å²) in [5.74, 6) is 0.411. The van der Waals surface area contributed by atoms with Crippen LogP contribution in [0.15, 0.2) is 30.5 Å². The predicted octanol–water partition coefficient (Wildman–Crippen LogP) is 2.62. The number of hydrogen-bond acceptors (Lipinski definition) is 1. The molecule has 74 valence electrons. The Kier molecular flexibility index (Phi) is 2.30. The summed E-state index contributed by atoms with van der Waals surface area (Å²) < 4.78 is 0. The maximum atomic E-state index is 5.88. The fourth-order valence-electron chi connectivity index (χ4n) is 1.66. The van der Waals surface area contributed by atoms with Crippen molar-refractivity contribution >= 4 is 10.9 Å². The largest absolute Gasteiger partial charge is 0.361 e. The Morgan fingerprint density at radius 3 is 2.71 bits per heavy atom. The fourth-order valence-corrected chi connectivity index (χ4v) is 1.66. The van der Waals surface area contributed by atoms with Crippen LogP contribution < -0.4 is 5.73 Å². The topological polar surface area (TPSA) is 41.8 Å². The molecule has 3 N–H and O–H groups in total. The van der Waals surface area contributed by atoms with Crippen LogP contribution in [-0.4, -0.2) is 11.0 Å². The van der Waals surface area contributed by atoms with Gasteiger partial charge in [-0.2, -0.15) is 0 Å². The van der Waals surface area contributed by atoms with Gasteiger partial charge in [0.15, 0.2) is 0 Å². The van der Waals surface area contributed by atoms with E-state index in [1.54, 1.807) is 0 Å². The molecule has 1 aromatic heterocycles. The van der Waals surface area contributed by atoms with Crippen LogP contribution in [0.3, 0.4) is 0 Å². The van der Waals surface area contributed by atoms with Crippen LogP contribution >= 0.6 is 0 Å². The lowest BCUT2D eigenvalue weighted by Gasteiger charge is -2.15.